The number of H-pyrrole nitrogens is 1. The van der Waals surface area contributed by atoms with Gasteiger partial charge in [0.15, 0.2) is 0 Å². The van der Waals surface area contributed by atoms with Crippen LogP contribution < -0.4 is 5.32 Å². The molecule has 0 radical (unpaired) electrons. The van der Waals surface area contributed by atoms with Gasteiger partial charge in [0.05, 0.1) is 0 Å². The summed E-state index contributed by atoms with van der Waals surface area (Å²) in [5, 5.41) is 4.30. The van der Waals surface area contributed by atoms with Crippen molar-refractivity contribution in [3.63, 3.8) is 0 Å². The van der Waals surface area contributed by atoms with E-state index in [2.05, 4.69) is 34.6 Å². The molecule has 1 fully saturated rings. The lowest BCUT2D eigenvalue weighted by Gasteiger charge is -2.20. The first kappa shape index (κ1) is 15.0. The van der Waals surface area contributed by atoms with Crippen LogP contribution in [0.5, 0.6) is 0 Å². The van der Waals surface area contributed by atoms with Crippen LogP contribution in [0.2, 0.25) is 0 Å². The van der Waals surface area contributed by atoms with E-state index in [1.165, 1.54) is 24.6 Å². The van der Waals surface area contributed by atoms with Crippen LogP contribution in [-0.2, 0) is 4.79 Å². The predicted molar refractivity (Wildman–Crippen MR) is 98.9 cm³/mol. The van der Waals surface area contributed by atoms with E-state index in [9.17, 15) is 4.79 Å². The number of amides is 1. The molecule has 3 nitrogen and oxygen atoms in total. The molecule has 122 valence electrons. The smallest absolute Gasteiger partial charge is 0.227 e. The summed E-state index contributed by atoms with van der Waals surface area (Å²) >= 11 is 0. The molecule has 1 saturated carbocycles. The third kappa shape index (κ3) is 3.07. The minimum atomic E-state index is 0.170. The fourth-order valence-corrected chi connectivity index (χ4v) is 3.60. The van der Waals surface area contributed by atoms with Crippen LogP contribution >= 0.6 is 0 Å². The highest BCUT2D eigenvalue weighted by Crippen LogP contribution is 2.28. The normalized spacial score (nSPS) is 15.5. The van der Waals surface area contributed by atoms with Crippen molar-refractivity contribution in [2.45, 2.75) is 32.1 Å². The van der Waals surface area contributed by atoms with E-state index < -0.39 is 0 Å². The molecule has 1 amide bonds. The molecule has 24 heavy (non-hydrogen) atoms. The van der Waals surface area contributed by atoms with Crippen molar-refractivity contribution in [3.8, 4) is 11.3 Å². The van der Waals surface area contributed by atoms with Gasteiger partial charge in [0, 0.05) is 33.8 Å². The van der Waals surface area contributed by atoms with Crippen molar-refractivity contribution in [1.82, 2.24) is 4.98 Å². The zero-order valence-corrected chi connectivity index (χ0v) is 13.7. The Bertz CT molecular complexity index is 826. The van der Waals surface area contributed by atoms with E-state index in [0.29, 0.717) is 0 Å². The van der Waals surface area contributed by atoms with E-state index in [4.69, 9.17) is 0 Å². The van der Waals surface area contributed by atoms with E-state index in [1.807, 2.05) is 30.3 Å². The number of benzene rings is 2. The van der Waals surface area contributed by atoms with Gasteiger partial charge in [0.2, 0.25) is 5.91 Å². The molecular weight excluding hydrogens is 296 g/mol. The van der Waals surface area contributed by atoms with Crippen molar-refractivity contribution in [3.05, 3.63) is 54.6 Å². The zero-order chi connectivity index (χ0) is 16.4. The summed E-state index contributed by atoms with van der Waals surface area (Å²) in [6, 6.07) is 18.5. The SMILES string of the molecule is O=C(Nc1cccc(-c2cc3ccccc3[nH]2)c1)C1CCCCC1. The number of aromatic amines is 1. The van der Waals surface area contributed by atoms with Gasteiger partial charge in [-0.15, -0.1) is 0 Å². The molecule has 2 aromatic carbocycles. The fraction of sp³-hybridized carbons (Fsp3) is 0.286. The molecule has 1 aliphatic carbocycles. The lowest BCUT2D eigenvalue weighted by molar-refractivity contribution is -0.120. The predicted octanol–water partition coefficient (Wildman–Crippen LogP) is 5.35. The molecule has 4 rings (SSSR count). The zero-order valence-electron chi connectivity index (χ0n) is 13.7. The Balaban J connectivity index is 1.55. The number of carbonyl (C=O) groups excluding carboxylic acids is 1. The third-order valence-electron chi connectivity index (χ3n) is 4.95. The van der Waals surface area contributed by atoms with E-state index in [0.717, 1.165) is 35.3 Å². The second kappa shape index (κ2) is 6.52. The van der Waals surface area contributed by atoms with Crippen LogP contribution in [0.25, 0.3) is 22.2 Å². The van der Waals surface area contributed by atoms with Gasteiger partial charge in [-0.3, -0.25) is 4.79 Å². The Morgan fingerprint density at radius 3 is 2.62 bits per heavy atom. The van der Waals surface area contributed by atoms with E-state index in [1.54, 1.807) is 0 Å². The number of para-hydroxylation sites is 1. The maximum Gasteiger partial charge on any atom is 0.227 e. The Kier molecular flexibility index (Phi) is 4.08. The Hall–Kier alpha value is -2.55. The average molecular weight is 318 g/mol. The quantitative estimate of drug-likeness (QED) is 0.671. The molecule has 0 spiro atoms. The summed E-state index contributed by atoms with van der Waals surface area (Å²) < 4.78 is 0. The van der Waals surface area contributed by atoms with E-state index >= 15 is 0 Å². The van der Waals surface area contributed by atoms with Crippen LogP contribution in [0.4, 0.5) is 5.69 Å². The number of nitrogens with one attached hydrogen (secondary N) is 2. The summed E-state index contributed by atoms with van der Waals surface area (Å²) in [7, 11) is 0. The Labute approximate surface area is 142 Å². The van der Waals surface area contributed by atoms with Gasteiger partial charge in [-0.2, -0.15) is 0 Å². The molecule has 0 saturated heterocycles. The second-order valence-corrected chi connectivity index (χ2v) is 6.68. The highest BCUT2D eigenvalue weighted by Gasteiger charge is 2.21. The molecule has 0 atom stereocenters. The lowest BCUT2D eigenvalue weighted by Crippen LogP contribution is -2.24. The van der Waals surface area contributed by atoms with Gasteiger partial charge in [0.25, 0.3) is 0 Å². The third-order valence-corrected chi connectivity index (χ3v) is 4.95. The molecule has 1 aromatic heterocycles. The monoisotopic (exact) mass is 318 g/mol. The molecule has 1 heterocycles. The Morgan fingerprint density at radius 2 is 1.79 bits per heavy atom. The molecule has 1 aliphatic rings. The number of anilines is 1. The van der Waals surface area contributed by atoms with E-state index in [-0.39, 0.29) is 11.8 Å². The largest absolute Gasteiger partial charge is 0.355 e. The fourth-order valence-electron chi connectivity index (χ4n) is 3.60. The van der Waals surface area contributed by atoms with Crippen LogP contribution in [0.15, 0.2) is 54.6 Å². The maximum atomic E-state index is 12.4. The molecule has 0 unspecified atom stereocenters. The molecule has 0 aliphatic heterocycles. The summed E-state index contributed by atoms with van der Waals surface area (Å²) in [5.74, 6) is 0.346. The highest BCUT2D eigenvalue weighted by atomic mass is 16.1. The number of hydrogen-bond acceptors (Lipinski definition) is 1. The second-order valence-electron chi connectivity index (χ2n) is 6.68. The van der Waals surface area contributed by atoms with Crippen molar-refractivity contribution in [2.75, 3.05) is 5.32 Å². The lowest BCUT2D eigenvalue weighted by atomic mass is 9.88. The van der Waals surface area contributed by atoms with Crippen molar-refractivity contribution < 1.29 is 4.79 Å². The average Bonchev–Trinajstić information content (AvgIpc) is 3.07. The highest BCUT2D eigenvalue weighted by molar-refractivity contribution is 5.93. The first-order valence-corrected chi connectivity index (χ1v) is 8.79. The summed E-state index contributed by atoms with van der Waals surface area (Å²) in [6.07, 6.45) is 5.65. The summed E-state index contributed by atoms with van der Waals surface area (Å²) in [4.78, 5) is 15.9. The summed E-state index contributed by atoms with van der Waals surface area (Å²) in [5.41, 5.74) is 4.17. The first-order valence-electron chi connectivity index (χ1n) is 8.79. The topological polar surface area (TPSA) is 44.9 Å². The van der Waals surface area contributed by atoms with Crippen molar-refractivity contribution >= 4 is 22.5 Å². The standard InChI is InChI=1S/C21H22N2O/c24-21(15-7-2-1-3-8-15)22-18-11-6-10-16(13-18)20-14-17-9-4-5-12-19(17)23-20/h4-6,9-15,23H,1-3,7-8H2,(H,22,24). The number of fused-ring (bicyclic) bond motifs is 1. The number of rotatable bonds is 3. The number of carbonyl (C=O) groups is 1. The van der Waals surface area contributed by atoms with Crippen LogP contribution in [0, 0.1) is 5.92 Å². The molecule has 3 heteroatoms. The minimum Gasteiger partial charge on any atom is -0.355 e. The summed E-state index contributed by atoms with van der Waals surface area (Å²) in [6.45, 7) is 0. The van der Waals surface area contributed by atoms with Gasteiger partial charge in [-0.05, 0) is 37.1 Å². The number of hydrogen-bond donors (Lipinski definition) is 2. The van der Waals surface area contributed by atoms with Gasteiger partial charge in [-0.1, -0.05) is 49.6 Å². The van der Waals surface area contributed by atoms with Crippen molar-refractivity contribution in [2.24, 2.45) is 5.92 Å². The molecular formula is C21H22N2O. The van der Waals surface area contributed by atoms with Gasteiger partial charge < -0.3 is 10.3 Å². The van der Waals surface area contributed by atoms with Gasteiger partial charge in [0.1, 0.15) is 0 Å². The Morgan fingerprint density at radius 1 is 0.958 bits per heavy atom. The molecule has 2 N–H and O–H groups in total. The molecule has 0 bridgehead atoms. The number of aromatic nitrogens is 1. The first-order chi connectivity index (χ1) is 11.8. The van der Waals surface area contributed by atoms with Gasteiger partial charge in [-0.25, -0.2) is 0 Å². The maximum absolute atomic E-state index is 12.4. The van der Waals surface area contributed by atoms with Crippen LogP contribution in [-0.4, -0.2) is 10.9 Å². The van der Waals surface area contributed by atoms with Gasteiger partial charge >= 0.3 is 0 Å². The van der Waals surface area contributed by atoms with Crippen LogP contribution in [0.1, 0.15) is 32.1 Å². The van der Waals surface area contributed by atoms with Crippen LogP contribution in [0.3, 0.4) is 0 Å². The van der Waals surface area contributed by atoms with Crippen molar-refractivity contribution in [1.29, 1.82) is 0 Å². The molecule has 3 aromatic rings. The minimum absolute atomic E-state index is 0.170.